The highest BCUT2D eigenvalue weighted by Crippen LogP contribution is 2.34. The Morgan fingerprint density at radius 2 is 1.55 bits per heavy atom. The van der Waals surface area contributed by atoms with Crippen LogP contribution in [0.15, 0.2) is 54.2 Å². The van der Waals surface area contributed by atoms with Gasteiger partial charge in [-0.1, -0.05) is 42.8 Å². The summed E-state index contributed by atoms with van der Waals surface area (Å²) < 4.78 is 5.50. The van der Waals surface area contributed by atoms with Crippen LogP contribution in [0.4, 0.5) is 5.69 Å². The van der Waals surface area contributed by atoms with Gasteiger partial charge in [-0.05, 0) is 36.2 Å². The van der Waals surface area contributed by atoms with Crippen LogP contribution in [0.5, 0.6) is 5.75 Å². The predicted molar refractivity (Wildman–Crippen MR) is 122 cm³/mol. The van der Waals surface area contributed by atoms with Crippen LogP contribution >= 0.6 is 11.6 Å². The molecule has 0 N–H and O–H groups in total. The maximum absolute atomic E-state index is 13.3. The lowest BCUT2D eigenvalue weighted by Crippen LogP contribution is -2.47. The van der Waals surface area contributed by atoms with Gasteiger partial charge in [0.25, 0.3) is 11.8 Å². The van der Waals surface area contributed by atoms with E-state index in [9.17, 15) is 9.59 Å². The molecule has 0 aliphatic carbocycles. The van der Waals surface area contributed by atoms with E-state index in [1.807, 2.05) is 48.2 Å². The van der Waals surface area contributed by atoms with Gasteiger partial charge in [-0.15, -0.1) is 0 Å². The Bertz CT molecular complexity index is 1010. The van der Waals surface area contributed by atoms with Gasteiger partial charge in [0.2, 0.25) is 0 Å². The average molecular weight is 440 g/mol. The Morgan fingerprint density at radius 3 is 2.19 bits per heavy atom. The fraction of sp³-hybridized carbons (Fsp3) is 0.333. The summed E-state index contributed by atoms with van der Waals surface area (Å²) in [5.41, 5.74) is 2.74. The van der Waals surface area contributed by atoms with Crippen molar-refractivity contribution in [3.63, 3.8) is 0 Å². The summed E-state index contributed by atoms with van der Waals surface area (Å²) >= 11 is 6.04. The molecule has 0 saturated carbocycles. The lowest BCUT2D eigenvalue weighted by molar-refractivity contribution is -0.137. The molecular formula is C24H26ClN3O3. The van der Waals surface area contributed by atoms with Crippen molar-refractivity contribution >= 4 is 34.7 Å². The predicted octanol–water partition coefficient (Wildman–Crippen LogP) is 3.66. The van der Waals surface area contributed by atoms with E-state index >= 15 is 0 Å². The van der Waals surface area contributed by atoms with Crippen LogP contribution < -0.4 is 9.64 Å². The minimum absolute atomic E-state index is 0.206. The van der Waals surface area contributed by atoms with E-state index in [2.05, 4.69) is 4.90 Å². The summed E-state index contributed by atoms with van der Waals surface area (Å²) in [7, 11) is 1.67. The fourth-order valence-electron chi connectivity index (χ4n) is 4.22. The van der Waals surface area contributed by atoms with Crippen LogP contribution in [0.25, 0.3) is 5.57 Å². The molecule has 2 aromatic rings. The normalized spacial score (nSPS) is 17.1. The third-order valence-corrected chi connectivity index (χ3v) is 6.00. The molecule has 7 heteroatoms. The molecule has 0 unspecified atom stereocenters. The second-order valence-corrected chi connectivity index (χ2v) is 8.07. The van der Waals surface area contributed by atoms with Gasteiger partial charge < -0.3 is 14.5 Å². The number of ether oxygens (including phenoxy) is 1. The minimum atomic E-state index is -0.226. The second-order valence-electron chi connectivity index (χ2n) is 7.64. The molecule has 2 amide bonds. The van der Waals surface area contributed by atoms with Crippen molar-refractivity contribution in [2.45, 2.75) is 13.3 Å². The van der Waals surface area contributed by atoms with Crippen LogP contribution in [0.2, 0.25) is 5.02 Å². The molecule has 1 saturated heterocycles. The molecule has 162 valence electrons. The monoisotopic (exact) mass is 439 g/mol. The van der Waals surface area contributed by atoms with E-state index in [0.29, 0.717) is 35.9 Å². The number of rotatable bonds is 6. The van der Waals surface area contributed by atoms with Gasteiger partial charge in [-0.3, -0.25) is 14.5 Å². The van der Waals surface area contributed by atoms with Gasteiger partial charge in [-0.2, -0.15) is 0 Å². The maximum atomic E-state index is 13.3. The number of hydrogen-bond donors (Lipinski definition) is 0. The fourth-order valence-corrected chi connectivity index (χ4v) is 4.35. The molecule has 2 aliphatic heterocycles. The van der Waals surface area contributed by atoms with Crippen molar-refractivity contribution < 1.29 is 14.3 Å². The Morgan fingerprint density at radius 1 is 0.903 bits per heavy atom. The van der Waals surface area contributed by atoms with Gasteiger partial charge in [-0.25, -0.2) is 0 Å². The molecule has 2 aliphatic rings. The molecular weight excluding hydrogens is 414 g/mol. The first-order valence-electron chi connectivity index (χ1n) is 10.5. The maximum Gasteiger partial charge on any atom is 0.277 e. The Balaban J connectivity index is 1.63. The highest BCUT2D eigenvalue weighted by atomic mass is 35.5. The number of para-hydroxylation sites is 2. The number of benzene rings is 2. The molecule has 1 fully saturated rings. The highest BCUT2D eigenvalue weighted by molar-refractivity contribution is 6.36. The van der Waals surface area contributed by atoms with Gasteiger partial charge in [0.1, 0.15) is 11.4 Å². The summed E-state index contributed by atoms with van der Waals surface area (Å²) in [5.74, 6) is 0.400. The van der Waals surface area contributed by atoms with E-state index in [0.717, 1.165) is 36.5 Å². The van der Waals surface area contributed by atoms with Crippen LogP contribution in [0.1, 0.15) is 18.9 Å². The molecule has 2 heterocycles. The van der Waals surface area contributed by atoms with Gasteiger partial charge in [0, 0.05) is 37.7 Å². The van der Waals surface area contributed by atoms with E-state index < -0.39 is 0 Å². The van der Waals surface area contributed by atoms with Crippen LogP contribution in [0, 0.1) is 0 Å². The summed E-state index contributed by atoms with van der Waals surface area (Å²) in [6.45, 7) is 5.12. The van der Waals surface area contributed by atoms with E-state index in [1.54, 1.807) is 19.2 Å². The molecule has 0 aromatic heterocycles. The molecule has 6 nitrogen and oxygen atoms in total. The number of halogens is 1. The summed E-state index contributed by atoms with van der Waals surface area (Å²) in [6.07, 6.45) is 0.722. The number of imide groups is 1. The van der Waals surface area contributed by atoms with Gasteiger partial charge >= 0.3 is 0 Å². The van der Waals surface area contributed by atoms with Crippen molar-refractivity contribution in [3.8, 4) is 5.75 Å². The summed E-state index contributed by atoms with van der Waals surface area (Å²) in [6, 6.07) is 15.1. The van der Waals surface area contributed by atoms with Gasteiger partial charge in [0.05, 0.1) is 18.4 Å². The third-order valence-electron chi connectivity index (χ3n) is 5.75. The summed E-state index contributed by atoms with van der Waals surface area (Å²) in [4.78, 5) is 32.1. The van der Waals surface area contributed by atoms with Crippen molar-refractivity contribution in [3.05, 3.63) is 64.8 Å². The SMILES string of the molecule is CCCN1C(=O)C(c2ccc(Cl)cc2)=C(N2CCN(c3ccccc3OC)CC2)C1=O. The number of piperazine rings is 1. The first-order chi connectivity index (χ1) is 15.0. The van der Waals surface area contributed by atoms with Gasteiger partial charge in [0.15, 0.2) is 0 Å². The largest absolute Gasteiger partial charge is 0.495 e. The molecule has 4 rings (SSSR count). The average Bonchev–Trinajstić information content (AvgIpc) is 3.05. The zero-order valence-electron chi connectivity index (χ0n) is 17.8. The van der Waals surface area contributed by atoms with E-state index in [4.69, 9.17) is 16.3 Å². The minimum Gasteiger partial charge on any atom is -0.495 e. The highest BCUT2D eigenvalue weighted by Gasteiger charge is 2.41. The number of carbonyl (C=O) groups excluding carboxylic acids is 2. The van der Waals surface area contributed by atoms with Crippen molar-refractivity contribution in [1.82, 2.24) is 9.80 Å². The molecule has 2 aromatic carbocycles. The van der Waals surface area contributed by atoms with Crippen molar-refractivity contribution in [2.24, 2.45) is 0 Å². The Kier molecular flexibility index (Phi) is 6.18. The Hall–Kier alpha value is -2.99. The number of hydrogen-bond acceptors (Lipinski definition) is 5. The smallest absolute Gasteiger partial charge is 0.277 e. The zero-order valence-corrected chi connectivity index (χ0v) is 18.6. The quantitative estimate of drug-likeness (QED) is 0.643. The number of carbonyl (C=O) groups is 2. The lowest BCUT2D eigenvalue weighted by Gasteiger charge is -2.38. The molecule has 0 spiro atoms. The Labute approximate surface area is 187 Å². The molecule has 31 heavy (non-hydrogen) atoms. The van der Waals surface area contributed by atoms with Crippen LogP contribution in [-0.4, -0.2) is 61.4 Å². The van der Waals surface area contributed by atoms with E-state index in [1.165, 1.54) is 4.90 Å². The third kappa shape index (κ3) is 4.00. The standard InChI is InChI=1S/C24H26ClN3O3/c1-3-12-28-23(29)21(17-8-10-18(25)11-9-17)22(24(28)30)27-15-13-26(14-16-27)19-6-4-5-7-20(19)31-2/h4-11H,3,12-16H2,1-2H3. The first kappa shape index (κ1) is 21.2. The molecule has 0 radical (unpaired) electrons. The first-order valence-corrected chi connectivity index (χ1v) is 10.9. The van der Waals surface area contributed by atoms with E-state index in [-0.39, 0.29) is 11.8 Å². The number of nitrogens with zero attached hydrogens (tertiary/aromatic N) is 3. The van der Waals surface area contributed by atoms with Crippen molar-refractivity contribution in [2.75, 3.05) is 44.7 Å². The van der Waals surface area contributed by atoms with Crippen LogP contribution in [0.3, 0.4) is 0 Å². The summed E-state index contributed by atoms with van der Waals surface area (Å²) in [5, 5.41) is 0.596. The second kappa shape index (κ2) is 9.02. The molecule has 0 bridgehead atoms. The topological polar surface area (TPSA) is 53.1 Å². The zero-order chi connectivity index (χ0) is 22.0. The lowest BCUT2D eigenvalue weighted by atomic mass is 10.0. The molecule has 0 atom stereocenters. The van der Waals surface area contributed by atoms with Crippen LogP contribution in [-0.2, 0) is 9.59 Å². The van der Waals surface area contributed by atoms with Crippen molar-refractivity contribution in [1.29, 1.82) is 0 Å². The number of amides is 2. The number of methoxy groups -OCH3 is 1. The number of anilines is 1.